The number of benzene rings is 1. The first kappa shape index (κ1) is 12.4. The molecule has 4 nitrogen and oxygen atoms in total. The van der Waals surface area contributed by atoms with E-state index in [1.165, 1.54) is 10.1 Å². The molecule has 2 unspecified atom stereocenters. The number of nitrogens with one attached hydrogen (secondary N) is 1. The van der Waals surface area contributed by atoms with Gasteiger partial charge in [-0.05, 0) is 47.9 Å². The summed E-state index contributed by atoms with van der Waals surface area (Å²) in [4.78, 5) is 10.8. The quantitative estimate of drug-likeness (QED) is 0.902. The minimum Gasteiger partial charge on any atom is -0.479 e. The van der Waals surface area contributed by atoms with Crippen LogP contribution in [0.4, 0.5) is 5.69 Å². The van der Waals surface area contributed by atoms with Gasteiger partial charge in [0.1, 0.15) is 0 Å². The van der Waals surface area contributed by atoms with Crippen LogP contribution in [0.2, 0.25) is 0 Å². The number of carbonyl (C=O) groups is 1. The van der Waals surface area contributed by atoms with E-state index in [4.69, 9.17) is 9.84 Å². The van der Waals surface area contributed by atoms with E-state index in [9.17, 15) is 4.79 Å². The fraction of sp³-hybridized carbons (Fsp3) is 0.357. The number of hydrogen-bond acceptors (Lipinski definition) is 4. The summed E-state index contributed by atoms with van der Waals surface area (Å²) in [6.07, 6.45) is 0.751. The second-order valence-electron chi connectivity index (χ2n) is 4.72. The van der Waals surface area contributed by atoms with E-state index in [-0.39, 0.29) is 6.10 Å². The van der Waals surface area contributed by atoms with E-state index in [2.05, 4.69) is 28.9 Å². The predicted molar refractivity (Wildman–Crippen MR) is 75.8 cm³/mol. The Labute approximate surface area is 115 Å². The van der Waals surface area contributed by atoms with Crippen molar-refractivity contribution in [2.45, 2.75) is 25.0 Å². The highest BCUT2D eigenvalue weighted by molar-refractivity contribution is 7.17. The number of carboxylic acid groups (broad SMARTS) is 1. The van der Waals surface area contributed by atoms with Crippen LogP contribution in [0, 0.1) is 0 Å². The zero-order valence-electron chi connectivity index (χ0n) is 10.3. The number of anilines is 1. The van der Waals surface area contributed by atoms with E-state index in [1.54, 1.807) is 11.3 Å². The van der Waals surface area contributed by atoms with Gasteiger partial charge in [0.2, 0.25) is 0 Å². The summed E-state index contributed by atoms with van der Waals surface area (Å²) in [6, 6.07) is 8.34. The lowest BCUT2D eigenvalue weighted by Crippen LogP contribution is -2.24. The van der Waals surface area contributed by atoms with Crippen LogP contribution >= 0.6 is 11.3 Å². The average Bonchev–Trinajstić information content (AvgIpc) is 3.04. The average molecular weight is 277 g/mol. The summed E-state index contributed by atoms with van der Waals surface area (Å²) in [7, 11) is 0. The summed E-state index contributed by atoms with van der Waals surface area (Å²) in [5, 5.41) is 15.5. The molecule has 0 bridgehead atoms. The molecule has 1 aromatic carbocycles. The zero-order valence-corrected chi connectivity index (χ0v) is 11.2. The number of thiophene rings is 1. The molecule has 2 heterocycles. The van der Waals surface area contributed by atoms with Crippen molar-refractivity contribution >= 4 is 33.1 Å². The first-order valence-electron chi connectivity index (χ1n) is 6.32. The summed E-state index contributed by atoms with van der Waals surface area (Å²) in [5.74, 6) is -0.859. The molecule has 0 amide bonds. The number of fused-ring (bicyclic) bond motifs is 1. The van der Waals surface area contributed by atoms with Crippen molar-refractivity contribution in [1.29, 1.82) is 0 Å². The second-order valence-corrected chi connectivity index (χ2v) is 5.66. The highest BCUT2D eigenvalue weighted by Gasteiger charge is 2.30. The first-order valence-corrected chi connectivity index (χ1v) is 7.20. The van der Waals surface area contributed by atoms with Crippen molar-refractivity contribution in [2.75, 3.05) is 11.9 Å². The first-order chi connectivity index (χ1) is 9.22. The third-order valence-corrected chi connectivity index (χ3v) is 4.27. The maximum Gasteiger partial charge on any atom is 0.332 e. The fourth-order valence-corrected chi connectivity index (χ4v) is 3.12. The standard InChI is InChI=1S/C14H15NO3S/c16-14(17)12-3-2-11(18-12)8-15-10-1-4-13-9(7-10)5-6-19-13/h1,4-7,11-12,15H,2-3,8H2,(H,16,17). The van der Waals surface area contributed by atoms with Gasteiger partial charge in [-0.1, -0.05) is 0 Å². The molecule has 0 saturated carbocycles. The van der Waals surface area contributed by atoms with E-state index in [0.717, 1.165) is 12.1 Å². The zero-order chi connectivity index (χ0) is 13.2. The van der Waals surface area contributed by atoms with Gasteiger partial charge in [-0.25, -0.2) is 4.79 Å². The van der Waals surface area contributed by atoms with Gasteiger partial charge in [0.05, 0.1) is 6.10 Å². The van der Waals surface area contributed by atoms with Gasteiger partial charge in [-0.3, -0.25) is 0 Å². The summed E-state index contributed by atoms with van der Waals surface area (Å²) in [6.45, 7) is 0.652. The van der Waals surface area contributed by atoms with Gasteiger partial charge in [0.25, 0.3) is 0 Å². The second kappa shape index (κ2) is 5.19. The van der Waals surface area contributed by atoms with Crippen LogP contribution in [0.1, 0.15) is 12.8 Å². The molecule has 5 heteroatoms. The molecule has 1 aliphatic heterocycles. The van der Waals surface area contributed by atoms with Crippen LogP contribution in [-0.2, 0) is 9.53 Å². The summed E-state index contributed by atoms with van der Waals surface area (Å²) >= 11 is 1.73. The lowest BCUT2D eigenvalue weighted by Gasteiger charge is -2.13. The number of carboxylic acids is 1. The Balaban J connectivity index is 1.59. The minimum atomic E-state index is -0.859. The SMILES string of the molecule is O=C(O)C1CCC(CNc2ccc3sccc3c2)O1. The number of aliphatic carboxylic acids is 1. The lowest BCUT2D eigenvalue weighted by atomic mass is 10.2. The molecular formula is C14H15NO3S. The van der Waals surface area contributed by atoms with E-state index in [0.29, 0.717) is 13.0 Å². The van der Waals surface area contributed by atoms with Gasteiger partial charge in [0, 0.05) is 16.9 Å². The summed E-state index contributed by atoms with van der Waals surface area (Å²) < 4.78 is 6.73. The Bertz CT molecular complexity index is 595. The van der Waals surface area contributed by atoms with Crippen molar-refractivity contribution in [3.05, 3.63) is 29.6 Å². The van der Waals surface area contributed by atoms with Crippen LogP contribution in [0.15, 0.2) is 29.6 Å². The molecule has 2 atom stereocenters. The molecule has 1 aromatic heterocycles. The van der Waals surface area contributed by atoms with Gasteiger partial charge in [-0.2, -0.15) is 0 Å². The van der Waals surface area contributed by atoms with Crippen molar-refractivity contribution in [3.8, 4) is 0 Å². The van der Waals surface area contributed by atoms with Crippen LogP contribution in [0.5, 0.6) is 0 Å². The Hall–Kier alpha value is -1.59. The Morgan fingerprint density at radius 3 is 3.11 bits per heavy atom. The van der Waals surface area contributed by atoms with Gasteiger partial charge >= 0.3 is 5.97 Å². The van der Waals surface area contributed by atoms with Crippen molar-refractivity contribution in [2.24, 2.45) is 0 Å². The van der Waals surface area contributed by atoms with Gasteiger partial charge in [0.15, 0.2) is 6.10 Å². The molecule has 1 saturated heterocycles. The highest BCUT2D eigenvalue weighted by atomic mass is 32.1. The van der Waals surface area contributed by atoms with Gasteiger partial charge < -0.3 is 15.2 Å². The highest BCUT2D eigenvalue weighted by Crippen LogP contribution is 2.25. The largest absolute Gasteiger partial charge is 0.479 e. The van der Waals surface area contributed by atoms with Crippen molar-refractivity contribution < 1.29 is 14.6 Å². The Kier molecular flexibility index (Phi) is 3.40. The van der Waals surface area contributed by atoms with Crippen LogP contribution in [0.3, 0.4) is 0 Å². The topological polar surface area (TPSA) is 58.6 Å². The Morgan fingerprint density at radius 1 is 1.42 bits per heavy atom. The molecule has 2 N–H and O–H groups in total. The van der Waals surface area contributed by atoms with Crippen molar-refractivity contribution in [1.82, 2.24) is 0 Å². The monoisotopic (exact) mass is 277 g/mol. The number of rotatable bonds is 4. The third kappa shape index (κ3) is 2.72. The van der Waals surface area contributed by atoms with Gasteiger partial charge in [-0.15, -0.1) is 11.3 Å². The van der Waals surface area contributed by atoms with E-state index >= 15 is 0 Å². The molecule has 2 aromatic rings. The Morgan fingerprint density at radius 2 is 2.32 bits per heavy atom. The fourth-order valence-electron chi connectivity index (χ4n) is 2.35. The maximum atomic E-state index is 10.8. The minimum absolute atomic E-state index is 0.0146. The van der Waals surface area contributed by atoms with Crippen LogP contribution in [0.25, 0.3) is 10.1 Å². The summed E-state index contributed by atoms with van der Waals surface area (Å²) in [5.41, 5.74) is 1.05. The molecule has 0 spiro atoms. The molecule has 1 fully saturated rings. The molecular weight excluding hydrogens is 262 g/mol. The van der Waals surface area contributed by atoms with Crippen LogP contribution in [-0.4, -0.2) is 29.8 Å². The molecule has 19 heavy (non-hydrogen) atoms. The van der Waals surface area contributed by atoms with E-state index in [1.807, 2.05) is 6.07 Å². The normalized spacial score (nSPS) is 22.7. The molecule has 0 radical (unpaired) electrons. The molecule has 100 valence electrons. The maximum absolute atomic E-state index is 10.8. The third-order valence-electron chi connectivity index (χ3n) is 3.37. The smallest absolute Gasteiger partial charge is 0.332 e. The molecule has 1 aliphatic rings. The number of ether oxygens (including phenoxy) is 1. The number of hydrogen-bond donors (Lipinski definition) is 2. The van der Waals surface area contributed by atoms with Crippen molar-refractivity contribution in [3.63, 3.8) is 0 Å². The van der Waals surface area contributed by atoms with E-state index < -0.39 is 12.1 Å². The lowest BCUT2D eigenvalue weighted by molar-refractivity contribution is -0.149. The molecule has 3 rings (SSSR count). The van der Waals surface area contributed by atoms with Crippen LogP contribution < -0.4 is 5.32 Å². The predicted octanol–water partition coefficient (Wildman–Crippen LogP) is 2.95. The molecule has 0 aliphatic carbocycles.